The summed E-state index contributed by atoms with van der Waals surface area (Å²) in [5, 5.41) is 3.02. The molecule has 2 heterocycles. The Hall–Kier alpha value is -3.06. The molecule has 0 unspecified atom stereocenters. The summed E-state index contributed by atoms with van der Waals surface area (Å²) in [6, 6.07) is 16.1. The predicted molar refractivity (Wildman–Crippen MR) is 140 cm³/mol. The first kappa shape index (κ1) is 25.0. The van der Waals surface area contributed by atoms with Gasteiger partial charge in [-0.15, -0.1) is 0 Å². The molecule has 0 radical (unpaired) electrons. The first-order valence-electron chi connectivity index (χ1n) is 12.9. The fourth-order valence-electron chi connectivity index (χ4n) is 4.85. The van der Waals surface area contributed by atoms with Crippen molar-refractivity contribution in [2.24, 2.45) is 0 Å². The number of carbonyl (C=O) groups excluding carboxylic acids is 2. The fourth-order valence-corrected chi connectivity index (χ4v) is 4.85. The number of hydrogen-bond acceptors (Lipinski definition) is 5. The van der Waals surface area contributed by atoms with Gasteiger partial charge in [0.05, 0.1) is 13.7 Å². The van der Waals surface area contributed by atoms with E-state index in [9.17, 15) is 9.59 Å². The van der Waals surface area contributed by atoms with Crippen LogP contribution in [0.15, 0.2) is 48.5 Å². The van der Waals surface area contributed by atoms with Crippen LogP contribution in [0.25, 0.3) is 0 Å². The van der Waals surface area contributed by atoms with Crippen molar-refractivity contribution in [3.8, 4) is 5.75 Å². The predicted octanol–water partition coefficient (Wildman–Crippen LogP) is 3.79. The number of benzene rings is 2. The minimum Gasteiger partial charge on any atom is -0.497 e. The Kier molecular flexibility index (Phi) is 9.01. The first-order valence-corrected chi connectivity index (χ1v) is 12.9. The van der Waals surface area contributed by atoms with Crippen molar-refractivity contribution in [1.29, 1.82) is 0 Å². The second-order valence-corrected chi connectivity index (χ2v) is 9.50. The molecule has 2 aliphatic heterocycles. The van der Waals surface area contributed by atoms with Gasteiger partial charge in [0.15, 0.2) is 0 Å². The largest absolute Gasteiger partial charge is 0.497 e. The van der Waals surface area contributed by atoms with Crippen molar-refractivity contribution < 1.29 is 14.3 Å². The molecule has 0 bridgehead atoms. The SMILES string of the molecule is COc1ccc(CCC(=O)N2CCN(CC(=O)Nc3ccc(N4CCCCCC4)cc3)CC2)cc1. The molecule has 2 saturated heterocycles. The van der Waals surface area contributed by atoms with Crippen molar-refractivity contribution in [3.63, 3.8) is 0 Å². The number of nitrogens with one attached hydrogen (secondary N) is 1. The summed E-state index contributed by atoms with van der Waals surface area (Å²) >= 11 is 0. The molecule has 7 nitrogen and oxygen atoms in total. The lowest BCUT2D eigenvalue weighted by Gasteiger charge is -2.34. The average molecular weight is 479 g/mol. The van der Waals surface area contributed by atoms with Crippen LogP contribution < -0.4 is 15.0 Å². The van der Waals surface area contributed by atoms with E-state index in [0.29, 0.717) is 26.1 Å². The van der Waals surface area contributed by atoms with Gasteiger partial charge in [-0.05, 0) is 61.2 Å². The van der Waals surface area contributed by atoms with Crippen molar-refractivity contribution >= 4 is 23.2 Å². The van der Waals surface area contributed by atoms with Crippen LogP contribution in [-0.2, 0) is 16.0 Å². The lowest BCUT2D eigenvalue weighted by molar-refractivity contribution is -0.133. The Morgan fingerprint density at radius 1 is 0.829 bits per heavy atom. The van der Waals surface area contributed by atoms with Crippen LogP contribution in [0, 0.1) is 0 Å². The van der Waals surface area contributed by atoms with Gasteiger partial charge in [-0.2, -0.15) is 0 Å². The van der Waals surface area contributed by atoms with Crippen molar-refractivity contribution in [3.05, 3.63) is 54.1 Å². The highest BCUT2D eigenvalue weighted by molar-refractivity contribution is 5.92. The Morgan fingerprint density at radius 3 is 2.11 bits per heavy atom. The van der Waals surface area contributed by atoms with Crippen molar-refractivity contribution in [1.82, 2.24) is 9.80 Å². The average Bonchev–Trinajstić information content (AvgIpc) is 3.18. The number of amides is 2. The van der Waals surface area contributed by atoms with Gasteiger partial charge in [0.25, 0.3) is 0 Å². The molecule has 2 fully saturated rings. The zero-order valence-electron chi connectivity index (χ0n) is 20.9. The maximum absolute atomic E-state index is 12.6. The molecule has 0 aliphatic carbocycles. The molecule has 0 spiro atoms. The lowest BCUT2D eigenvalue weighted by atomic mass is 10.1. The summed E-state index contributed by atoms with van der Waals surface area (Å²) in [7, 11) is 1.65. The van der Waals surface area contributed by atoms with Gasteiger partial charge in [-0.25, -0.2) is 0 Å². The van der Waals surface area contributed by atoms with Gasteiger partial charge >= 0.3 is 0 Å². The summed E-state index contributed by atoms with van der Waals surface area (Å²) in [4.78, 5) is 31.7. The molecule has 188 valence electrons. The van der Waals surface area contributed by atoms with Crippen molar-refractivity contribution in [2.75, 3.05) is 63.1 Å². The highest BCUT2D eigenvalue weighted by atomic mass is 16.5. The number of aryl methyl sites for hydroxylation is 1. The van der Waals surface area contributed by atoms with Crippen LogP contribution in [0.5, 0.6) is 5.75 Å². The molecule has 2 amide bonds. The van der Waals surface area contributed by atoms with Crippen molar-refractivity contribution in [2.45, 2.75) is 38.5 Å². The summed E-state index contributed by atoms with van der Waals surface area (Å²) in [6.07, 6.45) is 6.36. The van der Waals surface area contributed by atoms with Gasteiger partial charge in [0.2, 0.25) is 11.8 Å². The smallest absolute Gasteiger partial charge is 0.238 e. The fraction of sp³-hybridized carbons (Fsp3) is 0.500. The normalized spacial score (nSPS) is 17.1. The molecule has 0 atom stereocenters. The lowest BCUT2D eigenvalue weighted by Crippen LogP contribution is -2.50. The molecule has 2 aromatic rings. The molecule has 2 aliphatic rings. The van der Waals surface area contributed by atoms with E-state index in [1.165, 1.54) is 31.4 Å². The van der Waals surface area contributed by atoms with E-state index in [-0.39, 0.29) is 11.8 Å². The zero-order chi connectivity index (χ0) is 24.5. The van der Waals surface area contributed by atoms with E-state index >= 15 is 0 Å². The summed E-state index contributed by atoms with van der Waals surface area (Å²) in [6.45, 7) is 5.34. The van der Waals surface area contributed by atoms with Gasteiger partial charge < -0.3 is 19.9 Å². The Balaban J connectivity index is 1.16. The molecule has 7 heteroatoms. The standard InChI is InChI=1S/C28H38N4O3/c1-35-26-13-6-23(7-14-26)8-15-28(34)32-20-18-30(19-21-32)22-27(33)29-24-9-11-25(12-10-24)31-16-4-2-3-5-17-31/h6-7,9-14H,2-5,8,15-22H2,1H3,(H,29,33). The van der Waals surface area contributed by atoms with E-state index in [1.807, 2.05) is 41.3 Å². The summed E-state index contributed by atoms with van der Waals surface area (Å²) in [5.41, 5.74) is 3.20. The van der Waals surface area contributed by atoms with E-state index < -0.39 is 0 Å². The second kappa shape index (κ2) is 12.6. The number of methoxy groups -OCH3 is 1. The third kappa shape index (κ3) is 7.46. The molecule has 4 rings (SSSR count). The van der Waals surface area contributed by atoms with Gasteiger partial charge in [0, 0.05) is 57.1 Å². The molecular weight excluding hydrogens is 440 g/mol. The Bertz CT molecular complexity index is 945. The van der Waals surface area contributed by atoms with Crippen LogP contribution in [0.3, 0.4) is 0 Å². The van der Waals surface area contributed by atoms with E-state index in [1.54, 1.807) is 7.11 Å². The minimum absolute atomic E-state index is 0.00759. The monoisotopic (exact) mass is 478 g/mol. The Labute approximate surface area is 209 Å². The third-order valence-electron chi connectivity index (χ3n) is 7.00. The number of rotatable bonds is 8. The molecule has 0 aromatic heterocycles. The van der Waals surface area contributed by atoms with Crippen LogP contribution >= 0.6 is 0 Å². The Morgan fingerprint density at radius 2 is 1.49 bits per heavy atom. The molecule has 1 N–H and O–H groups in total. The topological polar surface area (TPSA) is 65.1 Å². The number of anilines is 2. The van der Waals surface area contributed by atoms with E-state index in [2.05, 4.69) is 27.2 Å². The summed E-state index contributed by atoms with van der Waals surface area (Å²) < 4.78 is 5.18. The number of nitrogens with zero attached hydrogens (tertiary/aromatic N) is 3. The highest BCUT2D eigenvalue weighted by Crippen LogP contribution is 2.21. The summed E-state index contributed by atoms with van der Waals surface area (Å²) in [5.74, 6) is 0.992. The van der Waals surface area contributed by atoms with Crippen LogP contribution in [-0.4, -0.2) is 74.5 Å². The van der Waals surface area contributed by atoms with E-state index in [0.717, 1.165) is 49.6 Å². The molecule has 0 saturated carbocycles. The minimum atomic E-state index is -0.00759. The molecule has 35 heavy (non-hydrogen) atoms. The third-order valence-corrected chi connectivity index (χ3v) is 7.00. The van der Waals surface area contributed by atoms with Crippen LogP contribution in [0.4, 0.5) is 11.4 Å². The van der Waals surface area contributed by atoms with Gasteiger partial charge in [-0.3, -0.25) is 14.5 Å². The van der Waals surface area contributed by atoms with E-state index in [4.69, 9.17) is 4.74 Å². The second-order valence-electron chi connectivity index (χ2n) is 9.50. The maximum Gasteiger partial charge on any atom is 0.238 e. The molecule has 2 aromatic carbocycles. The highest BCUT2D eigenvalue weighted by Gasteiger charge is 2.22. The van der Waals surface area contributed by atoms with Crippen LogP contribution in [0.1, 0.15) is 37.7 Å². The maximum atomic E-state index is 12.6. The van der Waals surface area contributed by atoms with Gasteiger partial charge in [-0.1, -0.05) is 25.0 Å². The number of hydrogen-bond donors (Lipinski definition) is 1. The van der Waals surface area contributed by atoms with Crippen LogP contribution in [0.2, 0.25) is 0 Å². The number of piperazine rings is 1. The number of carbonyl (C=O) groups is 2. The molecular formula is C28H38N4O3. The first-order chi connectivity index (χ1) is 17.1. The van der Waals surface area contributed by atoms with Gasteiger partial charge in [0.1, 0.15) is 5.75 Å². The quantitative estimate of drug-likeness (QED) is 0.625. The zero-order valence-corrected chi connectivity index (χ0v) is 20.9. The number of ether oxygens (including phenoxy) is 1.